The molecule has 0 saturated heterocycles. The molecule has 13 nitrogen and oxygen atoms in total. The quantitative estimate of drug-likeness (QED) is 0.0394. The number of ether oxygens (including phenoxy) is 1. The number of hydrogen-bond acceptors (Lipinski definition) is 8. The number of carboxylic acids is 1. The number of H-pyrrole nitrogens is 1. The number of aromatic nitrogens is 1. The summed E-state index contributed by atoms with van der Waals surface area (Å²) in [6.07, 6.45) is 5.14. The van der Waals surface area contributed by atoms with Gasteiger partial charge in [-0.25, -0.2) is 4.79 Å². The largest absolute Gasteiger partial charge is 0.548 e. The number of para-hydroxylation sites is 1. The van der Waals surface area contributed by atoms with Crippen LogP contribution in [0.4, 0.5) is 0 Å². The van der Waals surface area contributed by atoms with Gasteiger partial charge < -0.3 is 41.7 Å². The lowest BCUT2D eigenvalue weighted by Crippen LogP contribution is -2.58. The number of guanidine groups is 1. The fourth-order valence-electron chi connectivity index (χ4n) is 5.65. The zero-order valence-electron chi connectivity index (χ0n) is 28.4. The lowest BCUT2D eigenvalue weighted by atomic mass is 10.0. The molecule has 0 bridgehead atoms. The van der Waals surface area contributed by atoms with Gasteiger partial charge in [-0.1, -0.05) is 81.1 Å². The van der Waals surface area contributed by atoms with Crippen molar-refractivity contribution >= 4 is 40.6 Å². The number of fused-ring (bicyclic) bond motifs is 1. The normalized spacial score (nSPS) is 13.5. The summed E-state index contributed by atoms with van der Waals surface area (Å²) < 4.78 is 5.00. The van der Waals surface area contributed by atoms with Gasteiger partial charge in [-0.05, 0) is 55.2 Å². The van der Waals surface area contributed by atoms with E-state index in [4.69, 9.17) is 16.2 Å². The van der Waals surface area contributed by atoms with Gasteiger partial charge in [0.1, 0.15) is 12.1 Å². The minimum atomic E-state index is -1.29. The smallest absolute Gasteiger partial charge is 0.328 e. The summed E-state index contributed by atoms with van der Waals surface area (Å²) in [5.74, 6) is -3.21. The monoisotopic (exact) mass is 676 g/mol. The van der Waals surface area contributed by atoms with Gasteiger partial charge in [0.05, 0.1) is 19.1 Å². The molecule has 49 heavy (non-hydrogen) atoms. The lowest BCUT2D eigenvalue weighted by molar-refractivity contribution is -0.308. The van der Waals surface area contributed by atoms with E-state index < -0.39 is 47.9 Å². The van der Waals surface area contributed by atoms with E-state index in [1.165, 1.54) is 7.11 Å². The molecule has 0 aliphatic rings. The molecular weight excluding hydrogens is 626 g/mol. The van der Waals surface area contributed by atoms with Crippen LogP contribution in [-0.4, -0.2) is 72.5 Å². The van der Waals surface area contributed by atoms with Crippen LogP contribution in [0.25, 0.3) is 10.9 Å². The number of carbonyl (C=O) groups is 4. The van der Waals surface area contributed by atoms with Crippen LogP contribution in [0.2, 0.25) is 0 Å². The molecule has 0 aliphatic carbocycles. The summed E-state index contributed by atoms with van der Waals surface area (Å²) in [7, 11) is 1.24. The number of aromatic amines is 1. The summed E-state index contributed by atoms with van der Waals surface area (Å²) in [6, 6.07) is 14.9. The fraction of sp³-hybridized carbons (Fsp3) is 0.472. The number of hydrogen-bond donors (Lipinski definition) is 6. The molecule has 1 heterocycles. The second-order valence-electron chi connectivity index (χ2n) is 12.1. The van der Waals surface area contributed by atoms with Crippen molar-refractivity contribution in [1.29, 1.82) is 0 Å². The number of carboxylic acid groups (broad SMARTS) is 1. The van der Waals surface area contributed by atoms with E-state index in [0.29, 0.717) is 31.4 Å². The molecule has 1 unspecified atom stereocenters. The number of methoxy groups -OCH3 is 1. The highest BCUT2D eigenvalue weighted by molar-refractivity contribution is 5.92. The van der Waals surface area contributed by atoms with E-state index >= 15 is 0 Å². The minimum absolute atomic E-state index is 0.105. The Morgan fingerprint density at radius 1 is 0.837 bits per heavy atom. The van der Waals surface area contributed by atoms with E-state index in [9.17, 15) is 24.3 Å². The zero-order valence-corrected chi connectivity index (χ0v) is 28.4. The number of carbonyl (C=O) groups excluding carboxylic acids is 4. The Labute approximate surface area is 287 Å². The number of rotatable bonds is 22. The zero-order chi connectivity index (χ0) is 35.6. The van der Waals surface area contributed by atoms with Crippen LogP contribution >= 0.6 is 0 Å². The van der Waals surface area contributed by atoms with Crippen molar-refractivity contribution in [3.05, 3.63) is 71.9 Å². The van der Waals surface area contributed by atoms with Crippen molar-refractivity contribution in [3.63, 3.8) is 0 Å². The Morgan fingerprint density at radius 2 is 1.51 bits per heavy atom. The second kappa shape index (κ2) is 20.5. The van der Waals surface area contributed by atoms with E-state index in [1.54, 1.807) is 0 Å². The van der Waals surface area contributed by atoms with Crippen LogP contribution in [-0.2, 0) is 36.8 Å². The maximum atomic E-state index is 13.9. The minimum Gasteiger partial charge on any atom is -0.548 e. The summed E-state index contributed by atoms with van der Waals surface area (Å²) in [5.41, 5.74) is 13.5. The number of amides is 2. The van der Waals surface area contributed by atoms with Gasteiger partial charge in [0.15, 0.2) is 5.96 Å². The Balaban J connectivity index is 1.82. The van der Waals surface area contributed by atoms with Crippen molar-refractivity contribution in [2.75, 3.05) is 13.7 Å². The molecule has 13 heteroatoms. The SMILES string of the molecule is CCCCCCC(N[C@@H](CCc1ccccc1)C(=O)N[C@@H](CCCN=C(N)N)C(=O)N[C@@H](Cc1cc2ccccc2[nH]1)C(=O)OC)C(=O)[O-]. The fourth-order valence-corrected chi connectivity index (χ4v) is 5.65. The maximum Gasteiger partial charge on any atom is 0.328 e. The summed E-state index contributed by atoms with van der Waals surface area (Å²) in [4.78, 5) is 59.9. The Kier molecular flexibility index (Phi) is 16.1. The standard InChI is InChI=1S/C36H51N7O6/c1-3-4-5-9-17-30(34(46)47)41-29(20-19-24-13-7-6-8-14-24)33(45)42-28(18-12-21-39-36(37)38)32(44)43-31(35(48)49-2)23-26-22-25-15-10-11-16-27(25)40-26/h6-8,10-11,13-16,22,28-31,40-41H,3-5,9,12,17-21,23H2,1-2H3,(H,42,45)(H,43,44)(H,46,47)(H4,37,38,39)/p-1/t28-,29-,30?,31-/m0/s1. The van der Waals surface area contributed by atoms with Crippen LogP contribution in [0, 0.1) is 0 Å². The third-order valence-corrected chi connectivity index (χ3v) is 8.30. The number of nitrogens with two attached hydrogens (primary N) is 2. The lowest BCUT2D eigenvalue weighted by Gasteiger charge is -2.28. The van der Waals surface area contributed by atoms with Crippen LogP contribution in [0.15, 0.2) is 65.7 Å². The molecule has 266 valence electrons. The molecule has 2 amide bonds. The molecule has 0 radical (unpaired) electrons. The number of nitrogens with zero attached hydrogens (tertiary/aromatic N) is 1. The third-order valence-electron chi connectivity index (χ3n) is 8.30. The molecule has 3 rings (SSSR count). The summed E-state index contributed by atoms with van der Waals surface area (Å²) >= 11 is 0. The molecule has 0 spiro atoms. The van der Waals surface area contributed by atoms with Crippen molar-refractivity contribution in [2.24, 2.45) is 16.5 Å². The Morgan fingerprint density at radius 3 is 2.18 bits per heavy atom. The van der Waals surface area contributed by atoms with E-state index in [0.717, 1.165) is 35.7 Å². The van der Waals surface area contributed by atoms with Crippen molar-refractivity contribution in [3.8, 4) is 0 Å². The highest BCUT2D eigenvalue weighted by Crippen LogP contribution is 2.17. The first-order valence-corrected chi connectivity index (χ1v) is 16.9. The van der Waals surface area contributed by atoms with E-state index in [2.05, 4.69) is 32.9 Å². The van der Waals surface area contributed by atoms with Gasteiger partial charge in [-0.3, -0.25) is 19.9 Å². The number of aryl methyl sites for hydroxylation is 1. The number of aliphatic carboxylic acids is 1. The topological polar surface area (TPSA) is 217 Å². The average molecular weight is 677 g/mol. The molecule has 3 aromatic rings. The van der Waals surface area contributed by atoms with Gasteiger partial charge >= 0.3 is 5.97 Å². The molecule has 4 atom stereocenters. The molecule has 0 aliphatic heterocycles. The molecule has 8 N–H and O–H groups in total. The van der Waals surface area contributed by atoms with Crippen LogP contribution in [0.5, 0.6) is 0 Å². The number of unbranched alkanes of at least 4 members (excludes halogenated alkanes) is 3. The highest BCUT2D eigenvalue weighted by atomic mass is 16.5. The summed E-state index contributed by atoms with van der Waals surface area (Å²) in [6.45, 7) is 2.27. The molecular formula is C36H50N7O6-. The average Bonchev–Trinajstić information content (AvgIpc) is 3.50. The first-order valence-electron chi connectivity index (χ1n) is 16.9. The van der Waals surface area contributed by atoms with Crippen molar-refractivity contribution in [2.45, 2.75) is 95.3 Å². The number of esters is 1. The molecule has 1 aromatic heterocycles. The van der Waals surface area contributed by atoms with Crippen LogP contribution < -0.4 is 32.5 Å². The third kappa shape index (κ3) is 13.3. The first-order chi connectivity index (χ1) is 23.6. The Bertz CT molecular complexity index is 1490. The maximum absolute atomic E-state index is 13.9. The van der Waals surface area contributed by atoms with Gasteiger partial charge in [-0.15, -0.1) is 0 Å². The van der Waals surface area contributed by atoms with E-state index in [1.807, 2.05) is 60.7 Å². The number of nitrogens with one attached hydrogen (secondary N) is 4. The summed E-state index contributed by atoms with van der Waals surface area (Å²) in [5, 5.41) is 21.6. The Hall–Kier alpha value is -4.91. The van der Waals surface area contributed by atoms with Crippen LogP contribution in [0.1, 0.15) is 69.5 Å². The van der Waals surface area contributed by atoms with Gasteiger partial charge in [0, 0.05) is 30.2 Å². The second-order valence-corrected chi connectivity index (χ2v) is 12.1. The van der Waals surface area contributed by atoms with Crippen molar-refractivity contribution < 1.29 is 29.0 Å². The number of aliphatic imine (C=N–C) groups is 1. The van der Waals surface area contributed by atoms with Crippen LogP contribution in [0.3, 0.4) is 0 Å². The predicted molar refractivity (Wildman–Crippen MR) is 187 cm³/mol. The molecule has 0 fully saturated rings. The van der Waals surface area contributed by atoms with Crippen molar-refractivity contribution in [1.82, 2.24) is 20.9 Å². The number of benzene rings is 2. The highest BCUT2D eigenvalue weighted by Gasteiger charge is 2.30. The first kappa shape index (κ1) is 38.5. The van der Waals surface area contributed by atoms with E-state index in [-0.39, 0.29) is 31.8 Å². The molecule has 0 saturated carbocycles. The predicted octanol–water partition coefficient (Wildman–Crippen LogP) is 1.59. The van der Waals surface area contributed by atoms with Gasteiger partial charge in [0.2, 0.25) is 11.8 Å². The van der Waals surface area contributed by atoms with Gasteiger partial charge in [0.25, 0.3) is 0 Å². The molecule has 2 aromatic carbocycles. The van der Waals surface area contributed by atoms with Gasteiger partial charge in [-0.2, -0.15) is 0 Å².